The van der Waals surface area contributed by atoms with E-state index >= 15 is 0 Å². The van der Waals surface area contributed by atoms with Crippen LogP contribution in [0.2, 0.25) is 0 Å². The van der Waals surface area contributed by atoms with Crippen molar-refractivity contribution in [3.05, 3.63) is 30.3 Å². The predicted octanol–water partition coefficient (Wildman–Crippen LogP) is 1.68. The molecule has 2 aromatic rings. The quantitative estimate of drug-likeness (QED) is 0.625. The average Bonchev–Trinajstić information content (AvgIpc) is 3.15. The zero-order valence-corrected chi connectivity index (χ0v) is 15.3. The van der Waals surface area contributed by atoms with Crippen molar-refractivity contribution in [3.8, 4) is 11.4 Å². The van der Waals surface area contributed by atoms with Gasteiger partial charge in [-0.05, 0) is 0 Å². The third-order valence-electron chi connectivity index (χ3n) is 3.72. The summed E-state index contributed by atoms with van der Waals surface area (Å²) in [5.41, 5.74) is 0.946. The number of rotatable bonds is 5. The summed E-state index contributed by atoms with van der Waals surface area (Å²) < 4.78 is 4.76. The van der Waals surface area contributed by atoms with Gasteiger partial charge in [0, 0.05) is 24.4 Å². The third-order valence-corrected chi connectivity index (χ3v) is 5.71. The minimum Gasteiger partial charge on any atom is -0.468 e. The van der Waals surface area contributed by atoms with Gasteiger partial charge in [-0.3, -0.25) is 14.7 Å². The molecule has 0 spiro atoms. The van der Waals surface area contributed by atoms with Gasteiger partial charge in [-0.2, -0.15) is 0 Å². The summed E-state index contributed by atoms with van der Waals surface area (Å²) >= 11 is 2.81. The van der Waals surface area contributed by atoms with Crippen LogP contribution in [-0.4, -0.2) is 68.9 Å². The van der Waals surface area contributed by atoms with Gasteiger partial charge in [-0.25, -0.2) is 4.98 Å². The number of aromatic amines is 1. The van der Waals surface area contributed by atoms with Crippen LogP contribution in [0.15, 0.2) is 35.5 Å². The molecule has 132 valence electrons. The number of carbonyl (C=O) groups is 2. The van der Waals surface area contributed by atoms with Crippen LogP contribution >= 0.6 is 23.5 Å². The molecule has 1 aromatic carbocycles. The van der Waals surface area contributed by atoms with Gasteiger partial charge in [-0.1, -0.05) is 42.1 Å². The van der Waals surface area contributed by atoms with E-state index in [0.717, 1.165) is 11.3 Å². The average molecular weight is 378 g/mol. The Morgan fingerprint density at radius 3 is 2.96 bits per heavy atom. The molecule has 25 heavy (non-hydrogen) atoms. The van der Waals surface area contributed by atoms with Gasteiger partial charge >= 0.3 is 5.97 Å². The summed E-state index contributed by atoms with van der Waals surface area (Å²) in [6.45, 7) is 1.03. The van der Waals surface area contributed by atoms with Crippen molar-refractivity contribution in [2.45, 2.75) is 10.4 Å². The normalized spacial score (nSPS) is 17.3. The van der Waals surface area contributed by atoms with Gasteiger partial charge in [0.15, 0.2) is 5.82 Å². The Hall–Kier alpha value is -2.00. The van der Waals surface area contributed by atoms with E-state index < -0.39 is 0 Å². The molecule has 0 aliphatic carbocycles. The third kappa shape index (κ3) is 4.55. The summed E-state index contributed by atoms with van der Waals surface area (Å²) in [4.78, 5) is 30.1. The number of nitrogens with zero attached hydrogens (tertiary/aromatic N) is 3. The number of methoxy groups -OCH3 is 1. The molecule has 7 nitrogen and oxygen atoms in total. The summed E-state index contributed by atoms with van der Waals surface area (Å²) in [6.07, 6.45) is 0. The Morgan fingerprint density at radius 2 is 2.20 bits per heavy atom. The lowest BCUT2D eigenvalue weighted by molar-refractivity contribution is -0.141. The zero-order valence-electron chi connectivity index (χ0n) is 13.7. The van der Waals surface area contributed by atoms with E-state index in [-0.39, 0.29) is 22.9 Å². The number of ether oxygens (including phenoxy) is 1. The largest absolute Gasteiger partial charge is 0.468 e. The molecule has 3 rings (SSSR count). The Labute approximate surface area is 153 Å². The number of carbonyl (C=O) groups excluding carboxylic acids is 2. The van der Waals surface area contributed by atoms with E-state index in [2.05, 4.69) is 15.2 Å². The van der Waals surface area contributed by atoms with Crippen molar-refractivity contribution in [3.63, 3.8) is 0 Å². The maximum atomic E-state index is 12.4. The van der Waals surface area contributed by atoms with Gasteiger partial charge in [0.05, 0.1) is 12.9 Å². The van der Waals surface area contributed by atoms with E-state index in [1.165, 1.54) is 30.6 Å². The van der Waals surface area contributed by atoms with Gasteiger partial charge in [0.2, 0.25) is 11.1 Å². The maximum Gasteiger partial charge on any atom is 0.320 e. The van der Waals surface area contributed by atoms with E-state index in [4.69, 9.17) is 4.74 Å². The molecule has 1 aromatic heterocycles. The lowest BCUT2D eigenvalue weighted by Gasteiger charge is -2.30. The molecule has 0 radical (unpaired) electrons. The number of amides is 1. The number of hydrogen-bond acceptors (Lipinski definition) is 7. The fraction of sp³-hybridized carbons (Fsp3) is 0.375. The van der Waals surface area contributed by atoms with Crippen molar-refractivity contribution in [2.24, 2.45) is 0 Å². The van der Waals surface area contributed by atoms with Crippen molar-refractivity contribution in [1.82, 2.24) is 20.1 Å². The van der Waals surface area contributed by atoms with Gasteiger partial charge in [0.1, 0.15) is 5.25 Å². The summed E-state index contributed by atoms with van der Waals surface area (Å²) in [5.74, 6) is 1.34. The second-order valence-corrected chi connectivity index (χ2v) is 7.60. The van der Waals surface area contributed by atoms with Crippen LogP contribution < -0.4 is 0 Å². The molecule has 1 amide bonds. The summed E-state index contributed by atoms with van der Waals surface area (Å²) in [5, 5.41) is 7.25. The van der Waals surface area contributed by atoms with Crippen molar-refractivity contribution < 1.29 is 14.3 Å². The van der Waals surface area contributed by atoms with Crippen LogP contribution in [0.4, 0.5) is 0 Å². The van der Waals surface area contributed by atoms with E-state index in [1.807, 2.05) is 30.3 Å². The van der Waals surface area contributed by atoms with Crippen LogP contribution in [0, 0.1) is 0 Å². The molecule has 1 atom stereocenters. The fourth-order valence-electron chi connectivity index (χ4n) is 2.40. The molecule has 2 heterocycles. The van der Waals surface area contributed by atoms with Gasteiger partial charge < -0.3 is 9.64 Å². The molecule has 1 aliphatic heterocycles. The van der Waals surface area contributed by atoms with Gasteiger partial charge in [0.25, 0.3) is 0 Å². The number of benzene rings is 1. The minimum atomic E-state index is -0.305. The topological polar surface area (TPSA) is 88.2 Å². The predicted molar refractivity (Wildman–Crippen MR) is 97.4 cm³/mol. The number of hydrogen-bond donors (Lipinski definition) is 1. The summed E-state index contributed by atoms with van der Waals surface area (Å²) in [6, 6.07) is 9.68. The molecule has 1 N–H and O–H groups in total. The second kappa shape index (κ2) is 8.39. The van der Waals surface area contributed by atoms with E-state index in [9.17, 15) is 9.59 Å². The molecule has 0 unspecified atom stereocenters. The molecule has 1 fully saturated rings. The van der Waals surface area contributed by atoms with Crippen LogP contribution in [0.25, 0.3) is 11.4 Å². The maximum absolute atomic E-state index is 12.4. The molecule has 0 saturated carbocycles. The zero-order chi connectivity index (χ0) is 17.6. The Morgan fingerprint density at radius 1 is 1.40 bits per heavy atom. The SMILES string of the molecule is COC(=O)[C@H]1CN(C(=O)CSc2n[nH]c(-c3ccccc3)n2)CCS1. The first kappa shape index (κ1) is 17.8. The number of esters is 1. The standard InChI is InChI=1S/C16H18N4O3S2/c1-23-15(22)12-9-20(7-8-24-12)13(21)10-25-16-17-14(18-19-16)11-5-3-2-4-6-11/h2-6,12H,7-10H2,1H3,(H,17,18,19)/t12-/m1/s1. The highest BCUT2D eigenvalue weighted by Crippen LogP contribution is 2.22. The molecular weight excluding hydrogens is 360 g/mol. The lowest BCUT2D eigenvalue weighted by Crippen LogP contribution is -2.45. The molecular formula is C16H18N4O3S2. The second-order valence-electron chi connectivity index (χ2n) is 5.34. The molecule has 1 aliphatic rings. The first-order valence-corrected chi connectivity index (χ1v) is 9.78. The highest BCUT2D eigenvalue weighted by Gasteiger charge is 2.29. The molecule has 1 saturated heterocycles. The molecule has 9 heteroatoms. The number of aromatic nitrogens is 3. The highest BCUT2D eigenvalue weighted by atomic mass is 32.2. The van der Waals surface area contributed by atoms with Crippen molar-refractivity contribution in [2.75, 3.05) is 31.7 Å². The van der Waals surface area contributed by atoms with E-state index in [0.29, 0.717) is 24.1 Å². The lowest BCUT2D eigenvalue weighted by atomic mass is 10.2. The number of thioether (sulfide) groups is 2. The number of nitrogens with one attached hydrogen (secondary N) is 1. The Bertz CT molecular complexity index is 738. The molecule has 0 bridgehead atoms. The van der Waals surface area contributed by atoms with Crippen molar-refractivity contribution in [1.29, 1.82) is 0 Å². The number of H-pyrrole nitrogens is 1. The highest BCUT2D eigenvalue weighted by molar-refractivity contribution is 8.00. The van der Waals surface area contributed by atoms with Crippen LogP contribution in [0.5, 0.6) is 0 Å². The van der Waals surface area contributed by atoms with Gasteiger partial charge in [-0.15, -0.1) is 16.9 Å². The first-order valence-electron chi connectivity index (χ1n) is 7.75. The van der Waals surface area contributed by atoms with Crippen molar-refractivity contribution >= 4 is 35.4 Å². The summed E-state index contributed by atoms with van der Waals surface area (Å²) in [7, 11) is 1.37. The van der Waals surface area contributed by atoms with Crippen LogP contribution in [0.1, 0.15) is 0 Å². The van der Waals surface area contributed by atoms with Crippen LogP contribution in [0.3, 0.4) is 0 Å². The Kier molecular flexibility index (Phi) is 5.98. The monoisotopic (exact) mass is 378 g/mol. The first-order chi connectivity index (χ1) is 12.2. The Balaban J connectivity index is 1.54. The minimum absolute atomic E-state index is 0.0229. The van der Waals surface area contributed by atoms with E-state index in [1.54, 1.807) is 4.90 Å². The fourth-order valence-corrected chi connectivity index (χ4v) is 4.23. The van der Waals surface area contributed by atoms with Crippen LogP contribution in [-0.2, 0) is 14.3 Å². The smallest absolute Gasteiger partial charge is 0.320 e.